The lowest BCUT2D eigenvalue weighted by Crippen LogP contribution is -2.24. The number of likely N-dealkylation sites (N-methyl/N-ethyl adjacent to an activating group) is 1. The molecule has 0 saturated carbocycles. The first kappa shape index (κ1) is 25.6. The topological polar surface area (TPSA) is 51.0 Å². The van der Waals surface area contributed by atoms with Crippen molar-refractivity contribution < 1.29 is 4.79 Å². The molecule has 1 aliphatic heterocycles. The van der Waals surface area contributed by atoms with Crippen molar-refractivity contribution in [2.24, 2.45) is 0 Å². The average molecular weight is 550 g/mol. The number of carbonyl (C=O) groups is 1. The molecule has 0 N–H and O–H groups in total. The van der Waals surface area contributed by atoms with Gasteiger partial charge in [-0.05, 0) is 60.5 Å². The van der Waals surface area contributed by atoms with Crippen LogP contribution >= 0.6 is 35.0 Å². The van der Waals surface area contributed by atoms with Gasteiger partial charge in [0.05, 0.1) is 11.4 Å². The van der Waals surface area contributed by atoms with Crippen molar-refractivity contribution in [3.05, 3.63) is 99.7 Å². The van der Waals surface area contributed by atoms with Gasteiger partial charge in [0.15, 0.2) is 16.8 Å². The zero-order valence-corrected chi connectivity index (χ0v) is 23.3. The molecule has 0 spiro atoms. The Morgan fingerprint density at radius 3 is 2.46 bits per heavy atom. The maximum atomic E-state index is 13.2. The molecule has 8 heteroatoms. The SMILES string of the molecule is Cc1ccc(-n2c(SCC(=O)C=C3N(C)c4ccccc4C3(C)C)nnc2-c2ccc(Cl)cc2)cc1Cl. The van der Waals surface area contributed by atoms with E-state index in [4.69, 9.17) is 23.2 Å². The van der Waals surface area contributed by atoms with Crippen LogP contribution in [0.2, 0.25) is 10.0 Å². The smallest absolute Gasteiger partial charge is 0.196 e. The fourth-order valence-corrected chi connectivity index (χ4v) is 5.77. The van der Waals surface area contributed by atoms with E-state index in [1.807, 2.05) is 73.1 Å². The largest absolute Gasteiger partial charge is 0.347 e. The van der Waals surface area contributed by atoms with Crippen molar-refractivity contribution >= 4 is 46.4 Å². The Balaban J connectivity index is 1.45. The molecule has 3 aromatic carbocycles. The van der Waals surface area contributed by atoms with Gasteiger partial charge in [-0.2, -0.15) is 0 Å². The maximum Gasteiger partial charge on any atom is 0.196 e. The first-order valence-electron chi connectivity index (χ1n) is 11.9. The van der Waals surface area contributed by atoms with E-state index in [2.05, 4.69) is 41.1 Å². The van der Waals surface area contributed by atoms with Gasteiger partial charge in [0.1, 0.15) is 0 Å². The fourth-order valence-electron chi connectivity index (χ4n) is 4.69. The molecule has 0 bridgehead atoms. The number of para-hydroxylation sites is 1. The van der Waals surface area contributed by atoms with E-state index in [-0.39, 0.29) is 17.0 Å². The number of carbonyl (C=O) groups excluding carboxylic acids is 1. The van der Waals surface area contributed by atoms with Gasteiger partial charge in [0.2, 0.25) is 0 Å². The Hall–Kier alpha value is -3.06. The van der Waals surface area contributed by atoms with Crippen LogP contribution in [0.25, 0.3) is 17.1 Å². The minimum absolute atomic E-state index is 0.0114. The number of aryl methyl sites for hydroxylation is 1. The summed E-state index contributed by atoms with van der Waals surface area (Å²) in [5, 5.41) is 10.8. The normalized spacial score (nSPS) is 15.3. The van der Waals surface area contributed by atoms with Gasteiger partial charge in [-0.15, -0.1) is 10.2 Å². The summed E-state index contributed by atoms with van der Waals surface area (Å²) < 4.78 is 1.93. The zero-order valence-electron chi connectivity index (χ0n) is 21.0. The van der Waals surface area contributed by atoms with Crippen molar-refractivity contribution in [1.82, 2.24) is 14.8 Å². The molecular weight excluding hydrogens is 523 g/mol. The molecule has 188 valence electrons. The number of allylic oxidation sites excluding steroid dienone is 2. The predicted molar refractivity (Wildman–Crippen MR) is 153 cm³/mol. The van der Waals surface area contributed by atoms with Crippen LogP contribution < -0.4 is 4.90 Å². The van der Waals surface area contributed by atoms with Gasteiger partial charge in [-0.1, -0.05) is 73.1 Å². The zero-order chi connectivity index (χ0) is 26.3. The second-order valence-electron chi connectivity index (χ2n) is 9.57. The standard InChI is InChI=1S/C29H26Cl2N4OS/c1-18-9-14-21(15-24(18)31)35-27(19-10-12-20(30)13-11-19)32-33-28(35)37-17-22(36)16-26-29(2,3)23-7-5-6-8-25(23)34(26)4/h5-16H,17H2,1-4H3. The van der Waals surface area contributed by atoms with Crippen LogP contribution in [0, 0.1) is 6.92 Å². The van der Waals surface area contributed by atoms with E-state index in [9.17, 15) is 4.79 Å². The third-order valence-electron chi connectivity index (χ3n) is 6.73. The first-order chi connectivity index (χ1) is 17.7. The van der Waals surface area contributed by atoms with Gasteiger partial charge in [0.25, 0.3) is 0 Å². The van der Waals surface area contributed by atoms with E-state index < -0.39 is 0 Å². The molecule has 0 atom stereocenters. The highest BCUT2D eigenvalue weighted by Crippen LogP contribution is 2.46. The summed E-state index contributed by atoms with van der Waals surface area (Å²) in [5.41, 5.74) is 5.73. The van der Waals surface area contributed by atoms with Crippen LogP contribution in [0.15, 0.2) is 83.7 Å². The number of halogens is 2. The van der Waals surface area contributed by atoms with E-state index >= 15 is 0 Å². The maximum absolute atomic E-state index is 13.2. The number of hydrogen-bond acceptors (Lipinski definition) is 5. The van der Waals surface area contributed by atoms with E-state index in [1.54, 1.807) is 6.08 Å². The highest BCUT2D eigenvalue weighted by atomic mass is 35.5. The summed E-state index contributed by atoms with van der Waals surface area (Å²) in [6.45, 7) is 6.26. The highest BCUT2D eigenvalue weighted by molar-refractivity contribution is 7.99. The Morgan fingerprint density at radius 2 is 1.76 bits per heavy atom. The number of hydrogen-bond donors (Lipinski definition) is 0. The van der Waals surface area contributed by atoms with E-state index in [0.717, 1.165) is 28.2 Å². The number of fused-ring (bicyclic) bond motifs is 1. The molecule has 1 aromatic heterocycles. The third kappa shape index (κ3) is 4.81. The second kappa shape index (κ2) is 10.0. The lowest BCUT2D eigenvalue weighted by atomic mass is 9.83. The summed E-state index contributed by atoms with van der Waals surface area (Å²) in [4.78, 5) is 15.3. The quantitative estimate of drug-likeness (QED) is 0.184. The van der Waals surface area contributed by atoms with Gasteiger partial charge >= 0.3 is 0 Å². The molecule has 0 radical (unpaired) electrons. The fraction of sp³-hybridized carbons (Fsp3) is 0.207. The van der Waals surface area contributed by atoms with Crippen molar-refractivity contribution in [1.29, 1.82) is 0 Å². The van der Waals surface area contributed by atoms with Crippen LogP contribution in [-0.4, -0.2) is 33.3 Å². The minimum Gasteiger partial charge on any atom is -0.347 e. The van der Waals surface area contributed by atoms with Gasteiger partial charge in [-0.25, -0.2) is 0 Å². The number of rotatable bonds is 6. The molecule has 0 unspecified atom stereocenters. The average Bonchev–Trinajstić information content (AvgIpc) is 3.38. The Morgan fingerprint density at radius 1 is 1.03 bits per heavy atom. The molecule has 0 aliphatic carbocycles. The van der Waals surface area contributed by atoms with Crippen LogP contribution in [0.3, 0.4) is 0 Å². The van der Waals surface area contributed by atoms with Crippen molar-refractivity contribution in [2.45, 2.75) is 31.3 Å². The molecule has 0 fully saturated rings. The summed E-state index contributed by atoms with van der Waals surface area (Å²) >= 11 is 13.9. The molecule has 2 heterocycles. The second-order valence-corrected chi connectivity index (χ2v) is 11.4. The third-order valence-corrected chi connectivity index (χ3v) is 8.34. The Labute approximate surface area is 231 Å². The van der Waals surface area contributed by atoms with Crippen LogP contribution in [0.4, 0.5) is 5.69 Å². The molecule has 5 nitrogen and oxygen atoms in total. The monoisotopic (exact) mass is 548 g/mol. The van der Waals surface area contributed by atoms with E-state index in [0.29, 0.717) is 21.0 Å². The lowest BCUT2D eigenvalue weighted by molar-refractivity contribution is -0.112. The molecule has 0 saturated heterocycles. The van der Waals surface area contributed by atoms with Crippen LogP contribution in [0.5, 0.6) is 0 Å². The van der Waals surface area contributed by atoms with Gasteiger partial charge < -0.3 is 4.90 Å². The number of ketones is 1. The lowest BCUT2D eigenvalue weighted by Gasteiger charge is -2.23. The van der Waals surface area contributed by atoms with Crippen LogP contribution in [-0.2, 0) is 10.2 Å². The van der Waals surface area contributed by atoms with E-state index in [1.165, 1.54) is 17.3 Å². The summed E-state index contributed by atoms with van der Waals surface area (Å²) in [6, 6.07) is 21.5. The number of aromatic nitrogens is 3. The molecule has 4 aromatic rings. The highest BCUT2D eigenvalue weighted by Gasteiger charge is 2.38. The minimum atomic E-state index is -0.258. The molecule has 0 amide bonds. The first-order valence-corrected chi connectivity index (χ1v) is 13.6. The summed E-state index contributed by atoms with van der Waals surface area (Å²) in [7, 11) is 2.01. The molecule has 1 aliphatic rings. The molecule has 37 heavy (non-hydrogen) atoms. The van der Waals surface area contributed by atoms with Crippen molar-refractivity contribution in [3.8, 4) is 17.1 Å². The number of nitrogens with zero attached hydrogens (tertiary/aromatic N) is 4. The number of thioether (sulfide) groups is 1. The number of benzene rings is 3. The number of anilines is 1. The van der Waals surface area contributed by atoms with Gasteiger partial charge in [-0.3, -0.25) is 9.36 Å². The van der Waals surface area contributed by atoms with Gasteiger partial charge in [0, 0.05) is 45.5 Å². The Bertz CT molecular complexity index is 1530. The molecular formula is C29H26Cl2N4OS. The summed E-state index contributed by atoms with van der Waals surface area (Å²) in [6.07, 6.45) is 1.76. The molecule has 5 rings (SSSR count). The van der Waals surface area contributed by atoms with Crippen molar-refractivity contribution in [2.75, 3.05) is 17.7 Å². The Kier molecular flexibility index (Phi) is 6.92. The van der Waals surface area contributed by atoms with Crippen molar-refractivity contribution in [3.63, 3.8) is 0 Å². The summed E-state index contributed by atoms with van der Waals surface area (Å²) in [5.74, 6) is 0.886. The predicted octanol–water partition coefficient (Wildman–Crippen LogP) is 7.52. The van der Waals surface area contributed by atoms with Crippen LogP contribution in [0.1, 0.15) is 25.0 Å².